The molecule has 0 aliphatic rings. The van der Waals surface area contributed by atoms with Crippen LogP contribution in [0.2, 0.25) is 0 Å². The third-order valence-electron chi connectivity index (χ3n) is 1.26. The van der Waals surface area contributed by atoms with Crippen molar-refractivity contribution in [2.24, 2.45) is 0 Å². The molecule has 5 nitrogen and oxygen atoms in total. The molecule has 0 fully saturated rings. The Morgan fingerprint density at radius 2 is 2.08 bits per heavy atom. The molecule has 0 aromatic heterocycles. The molecule has 1 atom stereocenters. The van der Waals surface area contributed by atoms with E-state index in [0.717, 1.165) is 0 Å². The smallest absolute Gasteiger partial charge is 0.450 e. The Balaban J connectivity index is 3.61. The van der Waals surface area contributed by atoms with Crippen LogP contribution < -0.4 is 0 Å². The van der Waals surface area contributed by atoms with Gasteiger partial charge in [-0.25, -0.2) is 4.79 Å². The summed E-state index contributed by atoms with van der Waals surface area (Å²) in [5.41, 5.74) is 0. The summed E-state index contributed by atoms with van der Waals surface area (Å²) >= 11 is 0. The molecule has 1 unspecified atom stereocenters. The number of ether oxygens (including phenoxy) is 3. The van der Waals surface area contributed by atoms with Crippen molar-refractivity contribution in [1.29, 1.82) is 0 Å². The third kappa shape index (κ3) is 5.94. The van der Waals surface area contributed by atoms with E-state index in [1.807, 2.05) is 0 Å². The molecule has 5 heteroatoms. The Bertz CT molecular complexity index is 125. The zero-order valence-electron chi connectivity index (χ0n) is 7.28. The topological polar surface area (TPSA) is 65.0 Å². The molecular weight excluding hydrogens is 164 g/mol. The molecule has 0 rings (SSSR count). The highest BCUT2D eigenvalue weighted by Gasteiger charge is 2.12. The Labute approximate surface area is 71.2 Å². The van der Waals surface area contributed by atoms with E-state index < -0.39 is 12.3 Å². The lowest BCUT2D eigenvalue weighted by Crippen LogP contribution is -2.23. The molecule has 0 bridgehead atoms. The summed E-state index contributed by atoms with van der Waals surface area (Å²) in [6.45, 7) is 0.719. The van der Waals surface area contributed by atoms with Crippen molar-refractivity contribution in [1.82, 2.24) is 0 Å². The average molecular weight is 178 g/mol. The molecule has 0 saturated heterocycles. The monoisotopic (exact) mass is 178 g/mol. The Morgan fingerprint density at radius 1 is 1.42 bits per heavy atom. The Kier molecular flexibility index (Phi) is 6.41. The fourth-order valence-electron chi connectivity index (χ4n) is 0.754. The second-order valence-corrected chi connectivity index (χ2v) is 2.24. The van der Waals surface area contributed by atoms with Gasteiger partial charge in [0.2, 0.25) is 0 Å². The van der Waals surface area contributed by atoms with Gasteiger partial charge >= 0.3 is 6.16 Å². The first-order valence-electron chi connectivity index (χ1n) is 3.58. The quantitative estimate of drug-likeness (QED) is 0.607. The number of hydrogen-bond acceptors (Lipinski definition) is 4. The van der Waals surface area contributed by atoms with Crippen molar-refractivity contribution >= 4 is 6.16 Å². The summed E-state index contributed by atoms with van der Waals surface area (Å²) in [5, 5.41) is 8.29. The highest BCUT2D eigenvalue weighted by molar-refractivity contribution is 5.57. The van der Waals surface area contributed by atoms with E-state index >= 15 is 0 Å². The number of methoxy groups -OCH3 is 2. The summed E-state index contributed by atoms with van der Waals surface area (Å²) in [5.74, 6) is 0. The maximum Gasteiger partial charge on any atom is 0.506 e. The van der Waals surface area contributed by atoms with Crippen LogP contribution in [0.1, 0.15) is 6.42 Å². The van der Waals surface area contributed by atoms with Crippen LogP contribution in [0.15, 0.2) is 0 Å². The average Bonchev–Trinajstić information content (AvgIpc) is 2.00. The van der Waals surface area contributed by atoms with Crippen molar-refractivity contribution in [3.8, 4) is 0 Å². The van der Waals surface area contributed by atoms with Gasteiger partial charge in [-0.2, -0.15) is 0 Å². The van der Waals surface area contributed by atoms with Crippen molar-refractivity contribution < 1.29 is 24.1 Å². The van der Waals surface area contributed by atoms with Gasteiger partial charge < -0.3 is 19.3 Å². The molecule has 0 saturated carbocycles. The third-order valence-corrected chi connectivity index (χ3v) is 1.26. The lowest BCUT2D eigenvalue weighted by atomic mass is 10.3. The molecule has 0 aliphatic carbocycles. The predicted octanol–water partition coefficient (Wildman–Crippen LogP) is 0.733. The van der Waals surface area contributed by atoms with E-state index in [1.54, 1.807) is 7.11 Å². The van der Waals surface area contributed by atoms with E-state index in [1.165, 1.54) is 7.11 Å². The van der Waals surface area contributed by atoms with E-state index in [9.17, 15) is 4.79 Å². The molecule has 1 N–H and O–H groups in total. The van der Waals surface area contributed by atoms with Crippen molar-refractivity contribution in [2.45, 2.75) is 12.5 Å². The van der Waals surface area contributed by atoms with Crippen LogP contribution in [0, 0.1) is 0 Å². The highest BCUT2D eigenvalue weighted by atomic mass is 16.7. The van der Waals surface area contributed by atoms with Crippen LogP contribution in [0.4, 0.5) is 4.79 Å². The van der Waals surface area contributed by atoms with Crippen molar-refractivity contribution in [3.63, 3.8) is 0 Å². The lowest BCUT2D eigenvalue weighted by Gasteiger charge is -2.13. The maximum absolute atomic E-state index is 10.1. The van der Waals surface area contributed by atoms with Crippen LogP contribution in [0.25, 0.3) is 0 Å². The molecule has 0 heterocycles. The van der Waals surface area contributed by atoms with E-state index in [2.05, 4.69) is 4.74 Å². The SMILES string of the molecule is COCCC(COC)OC(=O)O. The molecule has 0 spiro atoms. The summed E-state index contributed by atoms with van der Waals surface area (Å²) in [6, 6.07) is 0. The molecule has 0 aromatic carbocycles. The van der Waals surface area contributed by atoms with Crippen molar-refractivity contribution in [3.05, 3.63) is 0 Å². The molecule has 72 valence electrons. The van der Waals surface area contributed by atoms with Gasteiger partial charge in [0.05, 0.1) is 6.61 Å². The van der Waals surface area contributed by atoms with Gasteiger partial charge in [-0.05, 0) is 0 Å². The van der Waals surface area contributed by atoms with Crippen molar-refractivity contribution in [2.75, 3.05) is 27.4 Å². The van der Waals surface area contributed by atoms with Gasteiger partial charge in [0.1, 0.15) is 6.10 Å². The summed E-state index contributed by atoms with van der Waals surface area (Å²) in [7, 11) is 3.04. The normalized spacial score (nSPS) is 12.5. The molecule has 0 aliphatic heterocycles. The Hall–Kier alpha value is -0.810. The number of rotatable bonds is 6. The minimum absolute atomic E-state index is 0.260. The minimum Gasteiger partial charge on any atom is -0.450 e. The lowest BCUT2D eigenvalue weighted by molar-refractivity contribution is -0.00159. The van der Waals surface area contributed by atoms with Crippen LogP contribution in [-0.4, -0.2) is 44.8 Å². The highest BCUT2D eigenvalue weighted by Crippen LogP contribution is 1.99. The largest absolute Gasteiger partial charge is 0.506 e. The van der Waals surface area contributed by atoms with Gasteiger partial charge in [-0.3, -0.25) is 0 Å². The molecule has 12 heavy (non-hydrogen) atoms. The molecule has 0 aromatic rings. The summed E-state index contributed by atoms with van der Waals surface area (Å²) in [6.07, 6.45) is -1.21. The van der Waals surface area contributed by atoms with Crippen LogP contribution in [0.5, 0.6) is 0 Å². The first-order chi connectivity index (χ1) is 5.70. The van der Waals surface area contributed by atoms with Crippen LogP contribution in [0.3, 0.4) is 0 Å². The number of carboxylic acid groups (broad SMARTS) is 1. The van der Waals surface area contributed by atoms with Crippen LogP contribution in [-0.2, 0) is 14.2 Å². The molecule has 0 amide bonds. The molecular formula is C7H14O5. The predicted molar refractivity (Wildman–Crippen MR) is 41.3 cm³/mol. The van der Waals surface area contributed by atoms with Gasteiger partial charge in [0.15, 0.2) is 0 Å². The zero-order valence-corrected chi connectivity index (χ0v) is 7.28. The van der Waals surface area contributed by atoms with E-state index in [4.69, 9.17) is 14.6 Å². The summed E-state index contributed by atoms with van der Waals surface area (Å²) in [4.78, 5) is 10.1. The van der Waals surface area contributed by atoms with Gasteiger partial charge in [-0.1, -0.05) is 0 Å². The minimum atomic E-state index is -1.28. The van der Waals surface area contributed by atoms with Crippen LogP contribution >= 0.6 is 0 Å². The fraction of sp³-hybridized carbons (Fsp3) is 0.857. The molecule has 0 radical (unpaired) electrons. The fourth-order valence-corrected chi connectivity index (χ4v) is 0.754. The zero-order chi connectivity index (χ0) is 9.40. The van der Waals surface area contributed by atoms with Gasteiger partial charge in [0, 0.05) is 27.2 Å². The second kappa shape index (κ2) is 6.87. The maximum atomic E-state index is 10.1. The first kappa shape index (κ1) is 11.2. The first-order valence-corrected chi connectivity index (χ1v) is 3.58. The van der Waals surface area contributed by atoms with Gasteiger partial charge in [0.25, 0.3) is 0 Å². The van der Waals surface area contributed by atoms with E-state index in [-0.39, 0.29) is 6.61 Å². The second-order valence-electron chi connectivity index (χ2n) is 2.24. The number of hydrogen-bond donors (Lipinski definition) is 1. The number of carbonyl (C=O) groups is 1. The Morgan fingerprint density at radius 3 is 2.50 bits per heavy atom. The standard InChI is InChI=1S/C7H14O5/c1-10-4-3-6(5-11-2)12-7(8)9/h6H,3-5H2,1-2H3,(H,8,9). The van der Waals surface area contributed by atoms with Gasteiger partial charge in [-0.15, -0.1) is 0 Å². The summed E-state index contributed by atoms with van der Waals surface area (Å²) < 4.78 is 14.0. The van der Waals surface area contributed by atoms with E-state index in [0.29, 0.717) is 13.0 Å².